The monoisotopic (exact) mass is 552 g/mol. The van der Waals surface area contributed by atoms with Gasteiger partial charge in [-0.15, -0.1) is 0 Å². The lowest BCUT2D eigenvalue weighted by atomic mass is 9.96. The van der Waals surface area contributed by atoms with Gasteiger partial charge in [0.05, 0.1) is 6.29 Å². The fourth-order valence-electron chi connectivity index (χ4n) is 4.23. The van der Waals surface area contributed by atoms with Gasteiger partial charge in [0, 0.05) is 41.3 Å². The van der Waals surface area contributed by atoms with Crippen molar-refractivity contribution in [1.29, 1.82) is 0 Å². The van der Waals surface area contributed by atoms with Gasteiger partial charge in [-0.2, -0.15) is 0 Å². The number of aromatic nitrogens is 2. The third kappa shape index (κ3) is 8.30. The molecule has 39 heavy (non-hydrogen) atoms. The van der Waals surface area contributed by atoms with Crippen LogP contribution in [-0.4, -0.2) is 56.2 Å². The number of carboxylic acids is 1. The summed E-state index contributed by atoms with van der Waals surface area (Å²) in [6.45, 7) is 5.15. The lowest BCUT2D eigenvalue weighted by molar-refractivity contribution is -0.140. The molecule has 1 heterocycles. The number of amides is 2. The van der Waals surface area contributed by atoms with Crippen molar-refractivity contribution in [2.45, 2.75) is 33.2 Å². The molecule has 0 radical (unpaired) electrons. The van der Waals surface area contributed by atoms with Crippen LogP contribution in [0.25, 0.3) is 11.1 Å². The maximum atomic E-state index is 13.8. The molecule has 0 saturated heterocycles. The van der Waals surface area contributed by atoms with Crippen molar-refractivity contribution < 1.29 is 28.9 Å². The Kier molecular flexibility index (Phi) is 10.1. The molecule has 1 aromatic heterocycles. The number of hydrogen-bond acceptors (Lipinski definition) is 6. The molecule has 0 aliphatic carbocycles. The van der Waals surface area contributed by atoms with E-state index >= 15 is 0 Å². The van der Waals surface area contributed by atoms with Gasteiger partial charge in [-0.25, -0.2) is 14.8 Å². The van der Waals surface area contributed by atoms with Crippen LogP contribution in [0.5, 0.6) is 0 Å². The van der Waals surface area contributed by atoms with Crippen molar-refractivity contribution in [3.05, 3.63) is 78.9 Å². The van der Waals surface area contributed by atoms with E-state index < -0.39 is 49.6 Å². The van der Waals surface area contributed by atoms with E-state index in [0.717, 1.165) is 16.0 Å². The summed E-state index contributed by atoms with van der Waals surface area (Å²) in [6, 6.07) is 13.8. The molecule has 11 heteroatoms. The molecule has 2 amide bonds. The third-order valence-electron chi connectivity index (χ3n) is 6.15. The largest absolute Gasteiger partial charge is 0.480 e. The van der Waals surface area contributed by atoms with E-state index in [1.807, 2.05) is 13.8 Å². The average Bonchev–Trinajstić information content (AvgIpc) is 2.92. The summed E-state index contributed by atoms with van der Waals surface area (Å²) in [5, 5.41) is 12.3. The molecule has 0 bridgehead atoms. The van der Waals surface area contributed by atoms with Crippen LogP contribution in [0, 0.1) is 11.8 Å². The molecule has 2 unspecified atom stereocenters. The second-order valence-corrected chi connectivity index (χ2v) is 12.2. The van der Waals surface area contributed by atoms with E-state index in [4.69, 9.17) is 0 Å². The van der Waals surface area contributed by atoms with Crippen molar-refractivity contribution >= 4 is 30.8 Å². The van der Waals surface area contributed by atoms with E-state index in [9.17, 15) is 28.9 Å². The summed E-state index contributed by atoms with van der Waals surface area (Å²) in [4.78, 5) is 58.1. The number of carboxylic acid groups (broad SMARTS) is 1. The van der Waals surface area contributed by atoms with Crippen LogP contribution in [0.2, 0.25) is 0 Å². The lowest BCUT2D eigenvalue weighted by Crippen LogP contribution is -2.47. The van der Waals surface area contributed by atoms with Gasteiger partial charge in [-0.3, -0.25) is 19.1 Å². The zero-order valence-corrected chi connectivity index (χ0v) is 23.0. The summed E-state index contributed by atoms with van der Waals surface area (Å²) in [5.41, 5.74) is 2.22. The van der Waals surface area contributed by atoms with Crippen LogP contribution in [0.3, 0.4) is 0 Å². The number of benzene rings is 2. The minimum Gasteiger partial charge on any atom is -0.480 e. The van der Waals surface area contributed by atoms with Gasteiger partial charge in [0.2, 0.25) is 13.3 Å². The smallest absolute Gasteiger partial charge is 0.326 e. The van der Waals surface area contributed by atoms with Gasteiger partial charge >= 0.3 is 5.97 Å². The standard InChI is InChI=1S/C28H33N4O6P/c1-19(2)13-23(16-39(37,38)18-31-26(33)22-7-5-4-6-8-22)27(34)32(20(3)28(35)36)25-11-9-21(10-12-25)24-14-29-17-30-15-24/h4-12,14-15,17,19-20,23H,13,16,18H2,1-3H3,(H,31,33)(H,35,36)(H,37,38)/t20-,23?/m0/s1. The first-order valence-electron chi connectivity index (χ1n) is 12.5. The van der Waals surface area contributed by atoms with Crippen LogP contribution >= 0.6 is 7.37 Å². The van der Waals surface area contributed by atoms with Crippen LogP contribution in [0.4, 0.5) is 5.69 Å². The number of carbonyl (C=O) groups is 3. The molecular formula is C28H33N4O6P. The summed E-state index contributed by atoms with van der Waals surface area (Å²) in [7, 11) is -4.01. The Hall–Kier alpha value is -3.88. The maximum Gasteiger partial charge on any atom is 0.326 e. The Morgan fingerprint density at radius 1 is 0.949 bits per heavy atom. The quantitative estimate of drug-likeness (QED) is 0.282. The van der Waals surface area contributed by atoms with E-state index in [-0.39, 0.29) is 12.3 Å². The van der Waals surface area contributed by atoms with Gasteiger partial charge in [0.15, 0.2) is 0 Å². The highest BCUT2D eigenvalue weighted by Crippen LogP contribution is 2.43. The molecule has 3 atom stereocenters. The zero-order chi connectivity index (χ0) is 28.6. The predicted molar refractivity (Wildman–Crippen MR) is 148 cm³/mol. The van der Waals surface area contributed by atoms with E-state index in [0.29, 0.717) is 11.3 Å². The number of nitrogens with one attached hydrogen (secondary N) is 1. The Labute approximate surface area is 227 Å². The van der Waals surface area contributed by atoms with Crippen molar-refractivity contribution in [3.8, 4) is 11.1 Å². The first-order valence-corrected chi connectivity index (χ1v) is 14.6. The van der Waals surface area contributed by atoms with E-state index in [2.05, 4.69) is 15.3 Å². The molecule has 3 N–H and O–H groups in total. The van der Waals surface area contributed by atoms with Gasteiger partial charge in [0.1, 0.15) is 12.4 Å². The van der Waals surface area contributed by atoms with E-state index in [1.54, 1.807) is 67.0 Å². The Balaban J connectivity index is 1.84. The highest BCUT2D eigenvalue weighted by molar-refractivity contribution is 7.58. The molecule has 10 nitrogen and oxygen atoms in total. The molecule has 0 spiro atoms. The highest BCUT2D eigenvalue weighted by atomic mass is 31.2. The number of carbonyl (C=O) groups excluding carboxylic acids is 2. The van der Waals surface area contributed by atoms with Crippen molar-refractivity contribution in [2.75, 3.05) is 17.3 Å². The average molecular weight is 553 g/mol. The maximum absolute atomic E-state index is 13.8. The predicted octanol–water partition coefficient (Wildman–Crippen LogP) is 4.27. The van der Waals surface area contributed by atoms with Crippen LogP contribution < -0.4 is 10.2 Å². The van der Waals surface area contributed by atoms with E-state index in [1.165, 1.54) is 13.3 Å². The lowest BCUT2D eigenvalue weighted by Gasteiger charge is -2.32. The number of nitrogens with zero attached hydrogens (tertiary/aromatic N) is 3. The van der Waals surface area contributed by atoms with Crippen LogP contribution in [0.15, 0.2) is 73.3 Å². The Morgan fingerprint density at radius 3 is 2.13 bits per heavy atom. The van der Waals surface area contributed by atoms with Crippen molar-refractivity contribution in [2.24, 2.45) is 11.8 Å². The summed E-state index contributed by atoms with van der Waals surface area (Å²) < 4.78 is 13.2. The third-order valence-corrected chi connectivity index (χ3v) is 7.82. The molecule has 2 aromatic carbocycles. The second kappa shape index (κ2) is 13.3. The Morgan fingerprint density at radius 2 is 1.56 bits per heavy atom. The first-order chi connectivity index (χ1) is 18.5. The molecule has 0 aliphatic rings. The summed E-state index contributed by atoms with van der Waals surface area (Å²) in [5.74, 6) is -3.24. The SMILES string of the molecule is CC(C)CC(CP(=O)(O)CNC(=O)c1ccccc1)C(=O)N(c1ccc(-c2cncnc2)cc1)[C@@H](C)C(=O)O. The Bertz CT molecular complexity index is 1320. The molecule has 0 fully saturated rings. The minimum absolute atomic E-state index is 0.0136. The molecule has 3 rings (SSSR count). The first kappa shape index (κ1) is 29.7. The molecule has 206 valence electrons. The fraction of sp³-hybridized carbons (Fsp3) is 0.321. The van der Waals surface area contributed by atoms with Gasteiger partial charge in [-0.1, -0.05) is 44.2 Å². The van der Waals surface area contributed by atoms with Gasteiger partial charge in [-0.05, 0) is 49.1 Å². The molecule has 0 aliphatic heterocycles. The number of rotatable bonds is 12. The molecule has 3 aromatic rings. The normalized spacial score (nSPS) is 14.2. The highest BCUT2D eigenvalue weighted by Gasteiger charge is 2.36. The van der Waals surface area contributed by atoms with Crippen LogP contribution in [0.1, 0.15) is 37.6 Å². The van der Waals surface area contributed by atoms with Gasteiger partial charge < -0.3 is 15.3 Å². The van der Waals surface area contributed by atoms with Crippen LogP contribution in [-0.2, 0) is 14.2 Å². The van der Waals surface area contributed by atoms with Gasteiger partial charge in [0.25, 0.3) is 5.91 Å². The molecular weight excluding hydrogens is 519 g/mol. The van der Waals surface area contributed by atoms with Crippen molar-refractivity contribution in [3.63, 3.8) is 0 Å². The summed E-state index contributed by atoms with van der Waals surface area (Å²) in [6.07, 6.45) is 4.04. The number of hydrogen-bond donors (Lipinski definition) is 3. The number of aliphatic carboxylic acids is 1. The molecule has 0 saturated carbocycles. The topological polar surface area (TPSA) is 150 Å². The number of anilines is 1. The fourth-order valence-corrected chi connectivity index (χ4v) is 5.74. The minimum atomic E-state index is -4.01. The second-order valence-electron chi connectivity index (χ2n) is 9.78. The summed E-state index contributed by atoms with van der Waals surface area (Å²) >= 11 is 0. The van der Waals surface area contributed by atoms with Crippen molar-refractivity contribution in [1.82, 2.24) is 15.3 Å². The zero-order valence-electron chi connectivity index (χ0n) is 22.1.